The molecule has 1 aliphatic heterocycles. The van der Waals surface area contributed by atoms with E-state index in [0.717, 1.165) is 25.9 Å². The van der Waals surface area contributed by atoms with Crippen LogP contribution in [0.5, 0.6) is 0 Å². The maximum Gasteiger partial charge on any atom is 0.406 e. The number of ketones is 1. The summed E-state index contributed by atoms with van der Waals surface area (Å²) in [6.07, 6.45) is -0.923. The van der Waals surface area contributed by atoms with Crippen LogP contribution in [-0.2, 0) is 6.54 Å². The minimum Gasteiger partial charge on any atom is -0.339 e. The first-order valence-electron chi connectivity index (χ1n) is 7.27. The zero-order valence-electron chi connectivity index (χ0n) is 12.5. The first kappa shape index (κ1) is 16.1. The molecule has 2 rings (SSSR count). The molecule has 6 heteroatoms. The van der Waals surface area contributed by atoms with Crippen LogP contribution in [0.25, 0.3) is 0 Å². The number of nitrogens with zero attached hydrogens (tertiary/aromatic N) is 2. The van der Waals surface area contributed by atoms with Crippen LogP contribution >= 0.6 is 0 Å². The molecule has 0 radical (unpaired) electrons. The van der Waals surface area contributed by atoms with E-state index >= 15 is 0 Å². The summed E-state index contributed by atoms with van der Waals surface area (Å²) in [5.74, 6) is -0.0848. The summed E-state index contributed by atoms with van der Waals surface area (Å²) < 4.78 is 38.9. The SMILES string of the molecule is Cc1cc(C(=O)CN2CCCCC2)c(C)n1CC(F)(F)F. The molecule has 3 nitrogen and oxygen atoms in total. The third kappa shape index (κ3) is 4.09. The van der Waals surface area contributed by atoms with Crippen LogP contribution in [0.2, 0.25) is 0 Å². The topological polar surface area (TPSA) is 25.2 Å². The molecule has 0 N–H and O–H groups in total. The molecule has 0 spiro atoms. The Bertz CT molecular complexity index is 514. The number of halogens is 3. The van der Waals surface area contributed by atoms with E-state index < -0.39 is 12.7 Å². The molecule has 2 heterocycles. The summed E-state index contributed by atoms with van der Waals surface area (Å²) in [7, 11) is 0. The third-order valence-corrected chi connectivity index (χ3v) is 4.03. The fourth-order valence-corrected chi connectivity index (χ4v) is 2.91. The Morgan fingerprint density at radius 3 is 2.38 bits per heavy atom. The molecule has 1 aliphatic rings. The van der Waals surface area contributed by atoms with Gasteiger partial charge in [0.25, 0.3) is 0 Å². The van der Waals surface area contributed by atoms with Gasteiger partial charge in [0.15, 0.2) is 5.78 Å². The number of piperidine rings is 1. The van der Waals surface area contributed by atoms with Gasteiger partial charge in [0.05, 0.1) is 6.54 Å². The minimum atomic E-state index is -4.28. The monoisotopic (exact) mass is 302 g/mol. The van der Waals surface area contributed by atoms with Gasteiger partial charge in [-0.2, -0.15) is 13.2 Å². The van der Waals surface area contributed by atoms with Gasteiger partial charge >= 0.3 is 6.18 Å². The largest absolute Gasteiger partial charge is 0.406 e. The van der Waals surface area contributed by atoms with Gasteiger partial charge in [-0.15, -0.1) is 0 Å². The minimum absolute atomic E-state index is 0.0848. The van der Waals surface area contributed by atoms with Crippen molar-refractivity contribution in [1.29, 1.82) is 0 Å². The second-order valence-corrected chi connectivity index (χ2v) is 5.75. The lowest BCUT2D eigenvalue weighted by atomic mass is 10.1. The van der Waals surface area contributed by atoms with Crippen molar-refractivity contribution >= 4 is 5.78 Å². The Morgan fingerprint density at radius 1 is 1.19 bits per heavy atom. The van der Waals surface area contributed by atoms with Gasteiger partial charge < -0.3 is 4.57 Å². The number of hydrogen-bond donors (Lipinski definition) is 0. The van der Waals surface area contributed by atoms with Crippen molar-refractivity contribution in [2.45, 2.75) is 45.8 Å². The van der Waals surface area contributed by atoms with Gasteiger partial charge in [0.2, 0.25) is 0 Å². The van der Waals surface area contributed by atoms with Crippen molar-refractivity contribution in [2.24, 2.45) is 0 Å². The molecule has 1 aromatic heterocycles. The van der Waals surface area contributed by atoms with Crippen LogP contribution < -0.4 is 0 Å². The number of Topliss-reactive ketones (excluding diaryl/α,β-unsaturated/α-hetero) is 1. The second kappa shape index (κ2) is 6.22. The van der Waals surface area contributed by atoms with Gasteiger partial charge in [0, 0.05) is 17.0 Å². The fraction of sp³-hybridized carbons (Fsp3) is 0.667. The number of hydrogen-bond acceptors (Lipinski definition) is 2. The van der Waals surface area contributed by atoms with Crippen molar-refractivity contribution < 1.29 is 18.0 Å². The van der Waals surface area contributed by atoms with Gasteiger partial charge in [-0.25, -0.2) is 0 Å². The highest BCUT2D eigenvalue weighted by molar-refractivity contribution is 5.99. The van der Waals surface area contributed by atoms with Crippen molar-refractivity contribution in [1.82, 2.24) is 9.47 Å². The maximum atomic E-state index is 12.6. The van der Waals surface area contributed by atoms with Crippen LogP contribution in [0.4, 0.5) is 13.2 Å². The van der Waals surface area contributed by atoms with Crippen LogP contribution in [-0.4, -0.2) is 41.1 Å². The summed E-state index contributed by atoms with van der Waals surface area (Å²) >= 11 is 0. The van der Waals surface area contributed by atoms with E-state index in [4.69, 9.17) is 0 Å². The van der Waals surface area contributed by atoms with E-state index in [9.17, 15) is 18.0 Å². The van der Waals surface area contributed by atoms with Crippen molar-refractivity contribution in [3.8, 4) is 0 Å². The Balaban J connectivity index is 2.12. The van der Waals surface area contributed by atoms with Gasteiger partial charge in [-0.3, -0.25) is 9.69 Å². The molecule has 0 aliphatic carbocycles. The number of aromatic nitrogens is 1. The number of alkyl halides is 3. The third-order valence-electron chi connectivity index (χ3n) is 4.03. The first-order chi connectivity index (χ1) is 9.78. The zero-order chi connectivity index (χ0) is 15.6. The molecule has 1 fully saturated rings. The molecular weight excluding hydrogens is 281 g/mol. The average Bonchev–Trinajstić information content (AvgIpc) is 2.66. The van der Waals surface area contributed by atoms with Crippen LogP contribution in [0, 0.1) is 13.8 Å². The van der Waals surface area contributed by atoms with E-state index in [-0.39, 0.29) is 5.78 Å². The Labute approximate surface area is 122 Å². The lowest BCUT2D eigenvalue weighted by molar-refractivity contribution is -0.141. The van der Waals surface area contributed by atoms with Gasteiger partial charge in [0.1, 0.15) is 6.54 Å². The number of likely N-dealkylation sites (tertiary alicyclic amines) is 1. The lowest BCUT2D eigenvalue weighted by Crippen LogP contribution is -2.34. The summed E-state index contributed by atoms with van der Waals surface area (Å²) in [5, 5.41) is 0. The van der Waals surface area contributed by atoms with Gasteiger partial charge in [-0.1, -0.05) is 6.42 Å². The molecule has 0 unspecified atom stereocenters. The Kier molecular flexibility index (Phi) is 4.76. The lowest BCUT2D eigenvalue weighted by Gasteiger charge is -2.25. The maximum absolute atomic E-state index is 12.6. The highest BCUT2D eigenvalue weighted by atomic mass is 19.4. The van der Waals surface area contributed by atoms with Crippen LogP contribution in [0.15, 0.2) is 6.07 Å². The number of carbonyl (C=O) groups is 1. The van der Waals surface area contributed by atoms with Crippen LogP contribution in [0.1, 0.15) is 41.0 Å². The summed E-state index contributed by atoms with van der Waals surface area (Å²) in [6.45, 7) is 4.25. The Morgan fingerprint density at radius 2 is 1.81 bits per heavy atom. The first-order valence-corrected chi connectivity index (χ1v) is 7.27. The standard InChI is InChI=1S/C15H21F3N2O/c1-11-8-13(12(2)20(11)10-15(16,17)18)14(21)9-19-6-4-3-5-7-19/h8H,3-7,9-10H2,1-2H3. The van der Waals surface area contributed by atoms with E-state index in [1.165, 1.54) is 11.0 Å². The van der Waals surface area contributed by atoms with Crippen molar-refractivity contribution in [3.05, 3.63) is 23.0 Å². The van der Waals surface area contributed by atoms with Crippen molar-refractivity contribution in [2.75, 3.05) is 19.6 Å². The predicted octanol–water partition coefficient (Wildman–Crippen LogP) is 3.34. The van der Waals surface area contributed by atoms with Gasteiger partial charge in [-0.05, 0) is 45.8 Å². The molecule has 118 valence electrons. The molecule has 0 amide bonds. The summed E-state index contributed by atoms with van der Waals surface area (Å²) in [4.78, 5) is 14.4. The fourth-order valence-electron chi connectivity index (χ4n) is 2.91. The molecule has 1 saturated heterocycles. The zero-order valence-corrected chi connectivity index (χ0v) is 12.5. The average molecular weight is 302 g/mol. The second-order valence-electron chi connectivity index (χ2n) is 5.75. The summed E-state index contributed by atoms with van der Waals surface area (Å²) in [6, 6.07) is 1.58. The normalized spacial score (nSPS) is 17.2. The molecule has 0 saturated carbocycles. The van der Waals surface area contributed by atoms with Crippen molar-refractivity contribution in [3.63, 3.8) is 0 Å². The molecule has 0 aromatic carbocycles. The number of carbonyl (C=O) groups excluding carboxylic acids is 1. The highest BCUT2D eigenvalue weighted by Gasteiger charge is 2.30. The quantitative estimate of drug-likeness (QED) is 0.797. The van der Waals surface area contributed by atoms with Crippen LogP contribution in [0.3, 0.4) is 0 Å². The summed E-state index contributed by atoms with van der Waals surface area (Å²) in [5.41, 5.74) is 1.31. The molecule has 21 heavy (non-hydrogen) atoms. The van der Waals surface area contributed by atoms with E-state index in [2.05, 4.69) is 4.90 Å². The van der Waals surface area contributed by atoms with E-state index in [0.29, 0.717) is 23.5 Å². The smallest absolute Gasteiger partial charge is 0.339 e. The molecule has 0 bridgehead atoms. The highest BCUT2D eigenvalue weighted by Crippen LogP contribution is 2.23. The molecule has 1 aromatic rings. The van der Waals surface area contributed by atoms with E-state index in [1.807, 2.05) is 0 Å². The molecule has 0 atom stereocenters. The number of aryl methyl sites for hydroxylation is 1. The molecular formula is C15H21F3N2O. The Hall–Kier alpha value is -1.30. The van der Waals surface area contributed by atoms with E-state index in [1.54, 1.807) is 19.9 Å². The number of rotatable bonds is 4. The predicted molar refractivity (Wildman–Crippen MR) is 74.6 cm³/mol.